The summed E-state index contributed by atoms with van der Waals surface area (Å²) in [4.78, 5) is 28.0. The SMILES string of the molecule is CC(=O)Nc1ccc2oc3cc(=O)c4ccccc4c-3nc2c1. The molecule has 5 nitrogen and oxygen atoms in total. The lowest BCUT2D eigenvalue weighted by molar-refractivity contribution is -0.114. The molecule has 0 unspecified atom stereocenters. The van der Waals surface area contributed by atoms with Crippen LogP contribution < -0.4 is 10.7 Å². The van der Waals surface area contributed by atoms with Gasteiger partial charge < -0.3 is 9.73 Å². The van der Waals surface area contributed by atoms with E-state index in [4.69, 9.17) is 4.42 Å². The number of hydrogen-bond donors (Lipinski definition) is 1. The molecule has 1 heterocycles. The normalized spacial score (nSPS) is 11.2. The maximum Gasteiger partial charge on any atom is 0.221 e. The fourth-order valence-electron chi connectivity index (χ4n) is 2.71. The lowest BCUT2D eigenvalue weighted by atomic mass is 10.0. The van der Waals surface area contributed by atoms with Crippen LogP contribution in [0.25, 0.3) is 33.3 Å². The first-order chi connectivity index (χ1) is 11.1. The maximum atomic E-state index is 12.2. The zero-order valence-corrected chi connectivity index (χ0v) is 12.3. The van der Waals surface area contributed by atoms with E-state index in [2.05, 4.69) is 10.3 Å². The number of anilines is 1. The standard InChI is InChI=1S/C18H12N2O3/c1-10(21)19-11-6-7-16-14(8-11)20-18-13-5-3-2-4-12(13)15(22)9-17(18)23-16/h2-9H,1H3,(H,19,21). The number of fused-ring (bicyclic) bond motifs is 4. The van der Waals surface area contributed by atoms with E-state index in [9.17, 15) is 9.59 Å². The highest BCUT2D eigenvalue weighted by atomic mass is 16.3. The van der Waals surface area contributed by atoms with E-state index in [1.807, 2.05) is 18.2 Å². The first-order valence-electron chi connectivity index (χ1n) is 7.16. The summed E-state index contributed by atoms with van der Waals surface area (Å²) in [7, 11) is 0. The van der Waals surface area contributed by atoms with Crippen LogP contribution in [0.1, 0.15) is 6.92 Å². The van der Waals surface area contributed by atoms with Crippen molar-refractivity contribution in [2.24, 2.45) is 0 Å². The number of nitrogens with zero attached hydrogens (tertiary/aromatic N) is 1. The van der Waals surface area contributed by atoms with Crippen LogP contribution in [0.3, 0.4) is 0 Å². The molecule has 5 heteroatoms. The second kappa shape index (κ2) is 4.91. The number of carbonyl (C=O) groups excluding carboxylic acids is 1. The Balaban J connectivity index is 2.06. The van der Waals surface area contributed by atoms with Crippen molar-refractivity contribution in [3.05, 3.63) is 58.8 Å². The van der Waals surface area contributed by atoms with Gasteiger partial charge in [-0.15, -0.1) is 0 Å². The first kappa shape index (κ1) is 13.5. The van der Waals surface area contributed by atoms with E-state index < -0.39 is 0 Å². The first-order valence-corrected chi connectivity index (χ1v) is 7.16. The van der Waals surface area contributed by atoms with Crippen molar-refractivity contribution in [3.8, 4) is 11.5 Å². The number of rotatable bonds is 1. The highest BCUT2D eigenvalue weighted by Crippen LogP contribution is 2.30. The lowest BCUT2D eigenvalue weighted by Gasteiger charge is -2.10. The Bertz CT molecular complexity index is 1100. The third-order valence-electron chi connectivity index (χ3n) is 3.67. The van der Waals surface area contributed by atoms with E-state index in [1.165, 1.54) is 13.0 Å². The van der Waals surface area contributed by atoms with Gasteiger partial charge >= 0.3 is 0 Å². The molecule has 4 rings (SSSR count). The third-order valence-corrected chi connectivity index (χ3v) is 3.67. The van der Waals surface area contributed by atoms with Gasteiger partial charge in [0.25, 0.3) is 0 Å². The van der Waals surface area contributed by atoms with Crippen molar-refractivity contribution < 1.29 is 9.21 Å². The largest absolute Gasteiger partial charge is 0.453 e. The molecule has 0 spiro atoms. The number of amides is 1. The van der Waals surface area contributed by atoms with Gasteiger partial charge in [-0.05, 0) is 18.2 Å². The van der Waals surface area contributed by atoms with Gasteiger partial charge in [-0.1, -0.05) is 24.3 Å². The molecule has 112 valence electrons. The summed E-state index contributed by atoms with van der Waals surface area (Å²) in [5, 5.41) is 4.09. The Morgan fingerprint density at radius 1 is 1.09 bits per heavy atom. The van der Waals surface area contributed by atoms with E-state index in [-0.39, 0.29) is 11.3 Å². The van der Waals surface area contributed by atoms with Gasteiger partial charge in [0.1, 0.15) is 11.2 Å². The molecule has 0 fully saturated rings. The highest BCUT2D eigenvalue weighted by Gasteiger charge is 2.15. The van der Waals surface area contributed by atoms with Crippen LogP contribution in [0.2, 0.25) is 0 Å². The summed E-state index contributed by atoms with van der Waals surface area (Å²) in [6.07, 6.45) is 0. The summed E-state index contributed by atoms with van der Waals surface area (Å²) >= 11 is 0. The van der Waals surface area contributed by atoms with Crippen molar-refractivity contribution in [2.45, 2.75) is 6.92 Å². The topological polar surface area (TPSA) is 72.2 Å². The Labute approximate surface area is 130 Å². The number of nitrogens with one attached hydrogen (secondary N) is 1. The second-order valence-electron chi connectivity index (χ2n) is 5.34. The van der Waals surface area contributed by atoms with Crippen LogP contribution in [0.4, 0.5) is 5.69 Å². The Hall–Kier alpha value is -3.21. The predicted octanol–water partition coefficient (Wildman–Crippen LogP) is 3.40. The van der Waals surface area contributed by atoms with Crippen molar-refractivity contribution in [1.82, 2.24) is 4.98 Å². The maximum absolute atomic E-state index is 12.2. The van der Waals surface area contributed by atoms with Gasteiger partial charge in [-0.3, -0.25) is 9.59 Å². The molecule has 0 saturated heterocycles. The summed E-state index contributed by atoms with van der Waals surface area (Å²) in [6, 6.07) is 14.0. The van der Waals surface area contributed by atoms with Crippen LogP contribution in [0.5, 0.6) is 0 Å². The minimum atomic E-state index is -0.150. The molecule has 23 heavy (non-hydrogen) atoms. The summed E-state index contributed by atoms with van der Waals surface area (Å²) < 4.78 is 5.82. The van der Waals surface area contributed by atoms with Crippen molar-refractivity contribution in [3.63, 3.8) is 0 Å². The third kappa shape index (κ3) is 2.23. The van der Waals surface area contributed by atoms with E-state index in [0.717, 1.165) is 5.39 Å². The van der Waals surface area contributed by atoms with E-state index in [1.54, 1.807) is 24.3 Å². The summed E-state index contributed by atoms with van der Waals surface area (Å²) in [5.41, 5.74) is 2.37. The van der Waals surface area contributed by atoms with Crippen LogP contribution in [-0.4, -0.2) is 10.9 Å². The Morgan fingerprint density at radius 2 is 1.87 bits per heavy atom. The van der Waals surface area contributed by atoms with Gasteiger partial charge in [0.2, 0.25) is 5.91 Å². The van der Waals surface area contributed by atoms with Crippen LogP contribution >= 0.6 is 0 Å². The van der Waals surface area contributed by atoms with Gasteiger partial charge in [-0.2, -0.15) is 0 Å². The van der Waals surface area contributed by atoms with Gasteiger partial charge in [0.05, 0.1) is 0 Å². The van der Waals surface area contributed by atoms with Gasteiger partial charge in [-0.25, -0.2) is 4.98 Å². The smallest absolute Gasteiger partial charge is 0.221 e. The number of hydrogen-bond acceptors (Lipinski definition) is 4. The second-order valence-corrected chi connectivity index (χ2v) is 5.34. The molecule has 0 atom stereocenters. The average molecular weight is 304 g/mol. The van der Waals surface area contributed by atoms with Crippen molar-refractivity contribution in [2.75, 3.05) is 5.32 Å². The van der Waals surface area contributed by atoms with Gasteiger partial charge in [0, 0.05) is 29.4 Å². The quantitative estimate of drug-likeness (QED) is 0.432. The molecule has 2 aromatic rings. The fourth-order valence-corrected chi connectivity index (χ4v) is 2.71. The average Bonchev–Trinajstić information content (AvgIpc) is 2.53. The number of carbonyl (C=O) groups is 1. The zero-order chi connectivity index (χ0) is 16.0. The monoisotopic (exact) mass is 304 g/mol. The highest BCUT2D eigenvalue weighted by molar-refractivity contribution is 5.97. The molecule has 1 amide bonds. The molecule has 0 radical (unpaired) electrons. The zero-order valence-electron chi connectivity index (χ0n) is 12.3. The fraction of sp³-hybridized carbons (Fsp3) is 0.0556. The number of aromatic nitrogens is 1. The lowest BCUT2D eigenvalue weighted by Crippen LogP contribution is -2.06. The molecule has 0 aromatic heterocycles. The van der Waals surface area contributed by atoms with Crippen LogP contribution in [0, 0.1) is 0 Å². The van der Waals surface area contributed by atoms with E-state index >= 15 is 0 Å². The Morgan fingerprint density at radius 3 is 2.65 bits per heavy atom. The van der Waals surface area contributed by atoms with Gasteiger partial charge in [0.15, 0.2) is 16.8 Å². The summed E-state index contributed by atoms with van der Waals surface area (Å²) in [6.45, 7) is 1.45. The molecule has 1 aliphatic heterocycles. The predicted molar refractivity (Wildman–Crippen MR) is 88.7 cm³/mol. The van der Waals surface area contributed by atoms with Crippen molar-refractivity contribution in [1.29, 1.82) is 0 Å². The molecule has 2 aromatic carbocycles. The Kier molecular flexibility index (Phi) is 2.87. The summed E-state index contributed by atoms with van der Waals surface area (Å²) in [5.74, 6) is 0.303. The molecule has 2 aliphatic rings. The van der Waals surface area contributed by atoms with Crippen LogP contribution in [-0.2, 0) is 4.79 Å². The minimum Gasteiger partial charge on any atom is -0.453 e. The van der Waals surface area contributed by atoms with Crippen molar-refractivity contribution >= 4 is 33.5 Å². The molecule has 0 bridgehead atoms. The molecule has 0 saturated carbocycles. The van der Waals surface area contributed by atoms with Crippen LogP contribution in [0.15, 0.2) is 57.7 Å². The minimum absolute atomic E-state index is 0.0899. The molecular formula is C18H12N2O3. The molecular weight excluding hydrogens is 292 g/mol. The molecule has 1 N–H and O–H groups in total. The molecule has 1 aliphatic carbocycles. The number of benzene rings is 3. The van der Waals surface area contributed by atoms with E-state index in [0.29, 0.717) is 33.6 Å².